The largest absolute Gasteiger partial charge is 0.377 e. The second kappa shape index (κ2) is 6.87. The van der Waals surface area contributed by atoms with Gasteiger partial charge in [-0.25, -0.2) is 0 Å². The average molecular weight is 243 g/mol. The van der Waals surface area contributed by atoms with Crippen LogP contribution in [0.25, 0.3) is 0 Å². The fraction of sp³-hybridized carbons (Fsp3) is 1.00. The van der Waals surface area contributed by atoms with Gasteiger partial charge in [0.15, 0.2) is 0 Å². The van der Waals surface area contributed by atoms with Crippen LogP contribution in [0.4, 0.5) is 0 Å². The zero-order valence-electron chi connectivity index (χ0n) is 10.2. The zero-order chi connectivity index (χ0) is 11.2. The first kappa shape index (κ1) is 12.7. The van der Waals surface area contributed by atoms with Crippen molar-refractivity contribution in [2.75, 3.05) is 12.4 Å². The van der Waals surface area contributed by atoms with Crippen LogP contribution in [0.15, 0.2) is 0 Å². The maximum atomic E-state index is 6.27. The molecular weight excluding hydrogens is 218 g/mol. The Labute approximate surface area is 104 Å². The summed E-state index contributed by atoms with van der Waals surface area (Å²) < 4.78 is 5.67. The summed E-state index contributed by atoms with van der Waals surface area (Å²) in [7, 11) is 0. The van der Waals surface area contributed by atoms with Gasteiger partial charge in [0.1, 0.15) is 0 Å². The Kier molecular flexibility index (Phi) is 5.46. The molecule has 0 aromatic heterocycles. The molecule has 3 heteroatoms. The van der Waals surface area contributed by atoms with Gasteiger partial charge >= 0.3 is 0 Å². The molecule has 0 spiro atoms. The average Bonchev–Trinajstić information content (AvgIpc) is 2.76. The predicted molar refractivity (Wildman–Crippen MR) is 70.9 cm³/mol. The molecule has 2 fully saturated rings. The number of hydrogen-bond donors (Lipinski definition) is 1. The first-order valence-electron chi connectivity index (χ1n) is 6.85. The number of hydrogen-bond acceptors (Lipinski definition) is 3. The summed E-state index contributed by atoms with van der Waals surface area (Å²) in [5.74, 6) is 1.17. The van der Waals surface area contributed by atoms with Crippen molar-refractivity contribution in [1.29, 1.82) is 0 Å². The highest BCUT2D eigenvalue weighted by molar-refractivity contribution is 8.00. The molecule has 3 atom stereocenters. The van der Waals surface area contributed by atoms with E-state index in [1.807, 2.05) is 0 Å². The van der Waals surface area contributed by atoms with E-state index in [-0.39, 0.29) is 0 Å². The fourth-order valence-electron chi connectivity index (χ4n) is 2.69. The molecule has 1 saturated heterocycles. The van der Waals surface area contributed by atoms with Crippen molar-refractivity contribution in [2.24, 2.45) is 5.73 Å². The molecule has 2 rings (SSSR count). The Morgan fingerprint density at radius 3 is 2.56 bits per heavy atom. The van der Waals surface area contributed by atoms with Crippen LogP contribution in [0.3, 0.4) is 0 Å². The van der Waals surface area contributed by atoms with Crippen LogP contribution in [-0.2, 0) is 4.74 Å². The molecule has 0 aromatic carbocycles. The number of nitrogens with two attached hydrogens (primary N) is 1. The van der Waals surface area contributed by atoms with Gasteiger partial charge in [-0.2, -0.15) is 11.8 Å². The van der Waals surface area contributed by atoms with Gasteiger partial charge in [-0.1, -0.05) is 25.7 Å². The molecule has 1 heterocycles. The highest BCUT2D eigenvalue weighted by Crippen LogP contribution is 2.28. The van der Waals surface area contributed by atoms with Crippen LogP contribution in [0.2, 0.25) is 0 Å². The van der Waals surface area contributed by atoms with E-state index in [2.05, 4.69) is 11.8 Å². The summed E-state index contributed by atoms with van der Waals surface area (Å²) in [6, 6.07) is 0.423. The van der Waals surface area contributed by atoms with Crippen LogP contribution < -0.4 is 5.73 Å². The number of ether oxygens (including phenoxy) is 1. The highest BCUT2D eigenvalue weighted by atomic mass is 32.2. The van der Waals surface area contributed by atoms with Gasteiger partial charge < -0.3 is 10.5 Å². The van der Waals surface area contributed by atoms with E-state index in [4.69, 9.17) is 10.5 Å². The van der Waals surface area contributed by atoms with Crippen molar-refractivity contribution in [3.63, 3.8) is 0 Å². The van der Waals surface area contributed by atoms with E-state index in [0.29, 0.717) is 17.4 Å². The molecule has 1 aliphatic carbocycles. The third kappa shape index (κ3) is 3.94. The second-order valence-corrected chi connectivity index (χ2v) is 6.43. The molecule has 1 aliphatic heterocycles. The maximum absolute atomic E-state index is 6.27. The van der Waals surface area contributed by atoms with Crippen molar-refractivity contribution < 1.29 is 4.74 Å². The predicted octanol–water partition coefficient (Wildman–Crippen LogP) is 2.95. The first-order valence-corrected chi connectivity index (χ1v) is 7.90. The van der Waals surface area contributed by atoms with Gasteiger partial charge in [-0.05, 0) is 25.7 Å². The summed E-state index contributed by atoms with van der Waals surface area (Å²) in [5.41, 5.74) is 6.27. The molecule has 2 N–H and O–H groups in total. The van der Waals surface area contributed by atoms with E-state index >= 15 is 0 Å². The minimum absolute atomic E-state index is 0.423. The van der Waals surface area contributed by atoms with Crippen molar-refractivity contribution >= 4 is 11.8 Å². The normalized spacial score (nSPS) is 36.9. The van der Waals surface area contributed by atoms with Gasteiger partial charge in [0.2, 0.25) is 0 Å². The first-order chi connectivity index (χ1) is 7.86. The molecule has 1 saturated carbocycles. The van der Waals surface area contributed by atoms with Crippen LogP contribution in [0.5, 0.6) is 0 Å². The molecule has 0 amide bonds. The lowest BCUT2D eigenvalue weighted by molar-refractivity contribution is 0.128. The zero-order valence-corrected chi connectivity index (χ0v) is 11.0. The van der Waals surface area contributed by atoms with Crippen LogP contribution >= 0.6 is 11.8 Å². The lowest BCUT2D eigenvalue weighted by Crippen LogP contribution is -2.34. The number of thioether (sulfide) groups is 1. The minimum atomic E-state index is 0.423. The highest BCUT2D eigenvalue weighted by Gasteiger charge is 2.23. The van der Waals surface area contributed by atoms with Crippen LogP contribution in [0.1, 0.15) is 51.4 Å². The standard InChI is InChI=1S/C13H25NOS/c14-12-7-3-1-2-4-8-13(12)16-10-11-6-5-9-15-11/h11-13H,1-10,14H2. The van der Waals surface area contributed by atoms with Crippen LogP contribution in [-0.4, -0.2) is 29.8 Å². The van der Waals surface area contributed by atoms with Crippen molar-refractivity contribution in [1.82, 2.24) is 0 Å². The summed E-state index contributed by atoms with van der Waals surface area (Å²) in [4.78, 5) is 0. The molecular formula is C13H25NOS. The maximum Gasteiger partial charge on any atom is 0.0666 e. The monoisotopic (exact) mass is 243 g/mol. The minimum Gasteiger partial charge on any atom is -0.377 e. The quantitative estimate of drug-likeness (QED) is 0.827. The van der Waals surface area contributed by atoms with E-state index in [1.54, 1.807) is 0 Å². The molecule has 3 unspecified atom stereocenters. The smallest absolute Gasteiger partial charge is 0.0666 e. The molecule has 94 valence electrons. The third-order valence-corrected chi connectivity index (χ3v) is 5.35. The molecule has 0 radical (unpaired) electrons. The Hall–Kier alpha value is 0.270. The molecule has 2 nitrogen and oxygen atoms in total. The number of rotatable bonds is 3. The van der Waals surface area contributed by atoms with Crippen molar-refractivity contribution in [3.05, 3.63) is 0 Å². The van der Waals surface area contributed by atoms with Gasteiger partial charge in [-0.15, -0.1) is 0 Å². The Morgan fingerprint density at radius 2 is 1.81 bits per heavy atom. The van der Waals surface area contributed by atoms with Gasteiger partial charge in [0.25, 0.3) is 0 Å². The Bertz CT molecular complexity index is 194. The summed E-state index contributed by atoms with van der Waals surface area (Å²) in [5, 5.41) is 0.685. The topological polar surface area (TPSA) is 35.2 Å². The summed E-state index contributed by atoms with van der Waals surface area (Å²) >= 11 is 2.08. The summed E-state index contributed by atoms with van der Waals surface area (Å²) in [6.07, 6.45) is 11.1. The molecule has 2 aliphatic rings. The molecule has 0 aromatic rings. The van der Waals surface area contributed by atoms with E-state index in [9.17, 15) is 0 Å². The van der Waals surface area contributed by atoms with Crippen LogP contribution in [0, 0.1) is 0 Å². The van der Waals surface area contributed by atoms with Crippen molar-refractivity contribution in [3.8, 4) is 0 Å². The van der Waals surface area contributed by atoms with Gasteiger partial charge in [0.05, 0.1) is 6.10 Å². The SMILES string of the molecule is NC1CCCCCCC1SCC1CCCO1. The van der Waals surface area contributed by atoms with Gasteiger partial charge in [-0.3, -0.25) is 0 Å². The fourth-order valence-corrected chi connectivity index (χ4v) is 4.13. The molecule has 0 bridgehead atoms. The Balaban J connectivity index is 1.71. The van der Waals surface area contributed by atoms with E-state index in [1.165, 1.54) is 57.1 Å². The van der Waals surface area contributed by atoms with E-state index in [0.717, 1.165) is 6.61 Å². The van der Waals surface area contributed by atoms with Gasteiger partial charge in [0, 0.05) is 23.7 Å². The van der Waals surface area contributed by atoms with Crippen molar-refractivity contribution in [2.45, 2.75) is 68.8 Å². The Morgan fingerprint density at radius 1 is 1.00 bits per heavy atom. The van der Waals surface area contributed by atoms with E-state index < -0.39 is 0 Å². The molecule has 16 heavy (non-hydrogen) atoms. The summed E-state index contributed by atoms with van der Waals surface area (Å²) in [6.45, 7) is 0.974. The second-order valence-electron chi connectivity index (χ2n) is 5.16. The third-order valence-electron chi connectivity index (χ3n) is 3.77. The lowest BCUT2D eigenvalue weighted by Gasteiger charge is -2.26. The lowest BCUT2D eigenvalue weighted by atomic mass is 9.97.